The summed E-state index contributed by atoms with van der Waals surface area (Å²) in [6.07, 6.45) is 6.06. The van der Waals surface area contributed by atoms with E-state index in [1.807, 2.05) is 4.90 Å². The van der Waals surface area contributed by atoms with Crippen LogP contribution in [-0.4, -0.2) is 40.8 Å². The van der Waals surface area contributed by atoms with Crippen molar-refractivity contribution in [3.63, 3.8) is 0 Å². The summed E-state index contributed by atoms with van der Waals surface area (Å²) in [4.78, 5) is 33.0. The standard InChI is InChI=1S/C18H26BrN3O2S/c1-3-4-9-20-16(23)13-6-5-11(2)22(10-13)17(24)14-15(12-7-8-12)25-18(19)21-14/h11-13H,3-10H2,1-2H3,(H,20,23)/t11-,13+/m1/s1. The van der Waals surface area contributed by atoms with Crippen molar-refractivity contribution in [1.29, 1.82) is 0 Å². The Balaban J connectivity index is 1.69. The zero-order valence-corrected chi connectivity index (χ0v) is 17.3. The highest BCUT2D eigenvalue weighted by molar-refractivity contribution is 9.11. The summed E-state index contributed by atoms with van der Waals surface area (Å²) in [6.45, 7) is 5.40. The van der Waals surface area contributed by atoms with Gasteiger partial charge in [0, 0.05) is 24.0 Å². The van der Waals surface area contributed by atoms with Crippen LogP contribution < -0.4 is 5.32 Å². The normalized spacial score (nSPS) is 23.6. The summed E-state index contributed by atoms with van der Waals surface area (Å²) < 4.78 is 0.774. The molecule has 3 rings (SSSR count). The maximum Gasteiger partial charge on any atom is 0.273 e. The fraction of sp³-hybridized carbons (Fsp3) is 0.722. The molecule has 0 bridgehead atoms. The number of rotatable bonds is 6. The highest BCUT2D eigenvalue weighted by Gasteiger charge is 2.37. The van der Waals surface area contributed by atoms with Crippen molar-refractivity contribution in [3.05, 3.63) is 14.5 Å². The van der Waals surface area contributed by atoms with Crippen molar-refractivity contribution in [2.75, 3.05) is 13.1 Å². The molecule has 1 saturated carbocycles. The van der Waals surface area contributed by atoms with Gasteiger partial charge in [0.25, 0.3) is 5.91 Å². The molecule has 25 heavy (non-hydrogen) atoms. The van der Waals surface area contributed by atoms with E-state index in [4.69, 9.17) is 0 Å². The molecule has 2 atom stereocenters. The van der Waals surface area contributed by atoms with Crippen LogP contribution in [0.2, 0.25) is 0 Å². The number of carbonyl (C=O) groups is 2. The highest BCUT2D eigenvalue weighted by atomic mass is 79.9. The molecule has 1 saturated heterocycles. The number of likely N-dealkylation sites (tertiary alicyclic amines) is 1. The molecule has 138 valence electrons. The first-order valence-corrected chi connectivity index (χ1v) is 10.9. The Morgan fingerprint density at radius 3 is 2.76 bits per heavy atom. The van der Waals surface area contributed by atoms with Gasteiger partial charge >= 0.3 is 0 Å². The quantitative estimate of drug-likeness (QED) is 0.699. The molecule has 2 amide bonds. The van der Waals surface area contributed by atoms with Crippen LogP contribution >= 0.6 is 27.3 Å². The van der Waals surface area contributed by atoms with Gasteiger partial charge in [0.1, 0.15) is 5.69 Å². The number of hydrogen-bond donors (Lipinski definition) is 1. The SMILES string of the molecule is CCCCNC(=O)[C@H]1CC[C@@H](C)N(C(=O)c2nc(Br)sc2C2CC2)C1. The zero-order valence-electron chi connectivity index (χ0n) is 14.9. The maximum atomic E-state index is 13.1. The first-order chi connectivity index (χ1) is 12.0. The van der Waals surface area contributed by atoms with Crippen LogP contribution in [-0.2, 0) is 4.79 Å². The van der Waals surface area contributed by atoms with Crippen LogP contribution in [0.5, 0.6) is 0 Å². The molecule has 1 aliphatic carbocycles. The molecule has 1 N–H and O–H groups in total. The fourth-order valence-corrected chi connectivity index (χ4v) is 5.00. The van der Waals surface area contributed by atoms with E-state index in [0.29, 0.717) is 18.2 Å². The Morgan fingerprint density at radius 2 is 2.08 bits per heavy atom. The third kappa shape index (κ3) is 4.42. The van der Waals surface area contributed by atoms with Crippen LogP contribution in [0.15, 0.2) is 3.92 Å². The summed E-state index contributed by atoms with van der Waals surface area (Å²) in [6, 6.07) is 0.153. The molecule has 0 aromatic carbocycles. The molecular formula is C18H26BrN3O2S. The van der Waals surface area contributed by atoms with E-state index in [1.165, 1.54) is 0 Å². The van der Waals surface area contributed by atoms with Gasteiger partial charge in [-0.15, -0.1) is 11.3 Å². The van der Waals surface area contributed by atoms with Crippen LogP contribution in [0.3, 0.4) is 0 Å². The second-order valence-corrected chi connectivity index (χ2v) is 9.49. The van der Waals surface area contributed by atoms with Crippen molar-refractivity contribution >= 4 is 39.1 Å². The summed E-state index contributed by atoms with van der Waals surface area (Å²) in [5.74, 6) is 0.460. The van der Waals surface area contributed by atoms with Gasteiger partial charge in [-0.05, 0) is 60.9 Å². The lowest BCUT2D eigenvalue weighted by Gasteiger charge is -2.37. The zero-order chi connectivity index (χ0) is 18.0. The Kier molecular flexibility index (Phi) is 6.15. The Morgan fingerprint density at radius 1 is 1.32 bits per heavy atom. The lowest BCUT2D eigenvalue weighted by Crippen LogP contribution is -2.49. The van der Waals surface area contributed by atoms with Gasteiger partial charge in [-0.25, -0.2) is 4.98 Å². The van der Waals surface area contributed by atoms with Crippen molar-refractivity contribution in [2.24, 2.45) is 5.92 Å². The number of halogens is 1. The van der Waals surface area contributed by atoms with Gasteiger partial charge in [0.15, 0.2) is 3.92 Å². The van der Waals surface area contributed by atoms with Gasteiger partial charge in [0.05, 0.1) is 5.92 Å². The van der Waals surface area contributed by atoms with E-state index < -0.39 is 0 Å². The van der Waals surface area contributed by atoms with Crippen LogP contribution in [0.1, 0.15) is 73.7 Å². The Labute approximate surface area is 161 Å². The van der Waals surface area contributed by atoms with Gasteiger partial charge in [-0.3, -0.25) is 9.59 Å². The fourth-order valence-electron chi connectivity index (χ4n) is 3.35. The lowest BCUT2D eigenvalue weighted by molar-refractivity contribution is -0.126. The smallest absolute Gasteiger partial charge is 0.273 e. The predicted molar refractivity (Wildman–Crippen MR) is 103 cm³/mol. The summed E-state index contributed by atoms with van der Waals surface area (Å²) >= 11 is 5.01. The topological polar surface area (TPSA) is 62.3 Å². The number of nitrogens with zero attached hydrogens (tertiary/aromatic N) is 2. The summed E-state index contributed by atoms with van der Waals surface area (Å²) in [5.41, 5.74) is 0.596. The van der Waals surface area contributed by atoms with Crippen molar-refractivity contribution in [1.82, 2.24) is 15.2 Å². The van der Waals surface area contributed by atoms with Crippen molar-refractivity contribution in [2.45, 2.75) is 64.3 Å². The van der Waals surface area contributed by atoms with Crippen LogP contribution in [0, 0.1) is 5.92 Å². The number of nitrogens with one attached hydrogen (secondary N) is 1. The van der Waals surface area contributed by atoms with Crippen LogP contribution in [0.4, 0.5) is 0 Å². The molecule has 0 radical (unpaired) electrons. The molecule has 5 nitrogen and oxygen atoms in total. The van der Waals surface area contributed by atoms with Gasteiger partial charge < -0.3 is 10.2 Å². The van der Waals surface area contributed by atoms with Crippen molar-refractivity contribution < 1.29 is 9.59 Å². The molecule has 1 aromatic heterocycles. The minimum atomic E-state index is -0.108. The van der Waals surface area contributed by atoms with E-state index in [9.17, 15) is 9.59 Å². The molecule has 0 unspecified atom stereocenters. The number of piperidine rings is 1. The second kappa shape index (κ2) is 8.16. The molecule has 1 aromatic rings. The van der Waals surface area contributed by atoms with E-state index in [2.05, 4.69) is 40.1 Å². The Hall–Kier alpha value is -0.950. The van der Waals surface area contributed by atoms with Gasteiger partial charge in [-0.1, -0.05) is 13.3 Å². The van der Waals surface area contributed by atoms with E-state index >= 15 is 0 Å². The third-order valence-electron chi connectivity index (χ3n) is 5.12. The predicted octanol–water partition coefficient (Wildman–Crippen LogP) is 3.94. The maximum absolute atomic E-state index is 13.1. The minimum Gasteiger partial charge on any atom is -0.356 e. The van der Waals surface area contributed by atoms with E-state index in [1.54, 1.807) is 11.3 Å². The molecule has 1 aliphatic heterocycles. The number of unbranched alkanes of at least 4 members (excludes halogenated alkanes) is 1. The average molecular weight is 428 g/mol. The van der Waals surface area contributed by atoms with Gasteiger partial charge in [-0.2, -0.15) is 0 Å². The van der Waals surface area contributed by atoms with Crippen molar-refractivity contribution in [3.8, 4) is 0 Å². The lowest BCUT2D eigenvalue weighted by atomic mass is 9.92. The highest BCUT2D eigenvalue weighted by Crippen LogP contribution is 2.45. The van der Waals surface area contributed by atoms with E-state index in [-0.39, 0.29) is 23.8 Å². The minimum absolute atomic E-state index is 0.0117. The summed E-state index contributed by atoms with van der Waals surface area (Å²) in [7, 11) is 0. The number of hydrogen-bond acceptors (Lipinski definition) is 4. The first-order valence-electron chi connectivity index (χ1n) is 9.26. The second-order valence-electron chi connectivity index (χ2n) is 7.18. The molecule has 7 heteroatoms. The molecule has 2 fully saturated rings. The molecule has 2 heterocycles. The number of aromatic nitrogens is 1. The summed E-state index contributed by atoms with van der Waals surface area (Å²) in [5, 5.41) is 3.01. The average Bonchev–Trinajstić information content (AvgIpc) is 3.37. The third-order valence-corrected chi connectivity index (χ3v) is 6.79. The molecule has 2 aliphatic rings. The molecule has 0 spiro atoms. The monoisotopic (exact) mass is 427 g/mol. The Bertz CT molecular complexity index is 644. The number of amides is 2. The first kappa shape index (κ1) is 18.8. The number of carbonyl (C=O) groups excluding carboxylic acids is 2. The van der Waals surface area contributed by atoms with Gasteiger partial charge in [0.2, 0.25) is 5.91 Å². The largest absolute Gasteiger partial charge is 0.356 e. The number of thiazole rings is 1. The van der Waals surface area contributed by atoms with Crippen LogP contribution in [0.25, 0.3) is 0 Å². The van der Waals surface area contributed by atoms with E-state index in [0.717, 1.165) is 53.9 Å². The molecular weight excluding hydrogens is 402 g/mol.